The zero-order valence-corrected chi connectivity index (χ0v) is 25.7. The van der Waals surface area contributed by atoms with Crippen LogP contribution in [0.5, 0.6) is 0 Å². The van der Waals surface area contributed by atoms with Crippen molar-refractivity contribution < 1.29 is 23.8 Å². The molecule has 0 atom stereocenters. The van der Waals surface area contributed by atoms with Crippen LogP contribution in [0.2, 0.25) is 5.15 Å². The maximum Gasteiger partial charge on any atom is 0.513 e. The fourth-order valence-corrected chi connectivity index (χ4v) is 5.14. The topological polar surface area (TPSA) is 126 Å². The van der Waals surface area contributed by atoms with Crippen LogP contribution >= 0.6 is 11.6 Å². The van der Waals surface area contributed by atoms with E-state index in [1.165, 1.54) is 0 Å². The molecule has 1 aliphatic heterocycles. The smallest absolute Gasteiger partial charge is 0.434 e. The van der Waals surface area contributed by atoms with Gasteiger partial charge in [-0.05, 0) is 76.1 Å². The van der Waals surface area contributed by atoms with Gasteiger partial charge in [0, 0.05) is 26.9 Å². The van der Waals surface area contributed by atoms with Crippen molar-refractivity contribution in [2.45, 2.75) is 71.6 Å². The summed E-state index contributed by atoms with van der Waals surface area (Å²) in [4.78, 5) is 34.6. The average molecular weight is 596 g/mol. The number of carbonyl (C=O) groups excluding carboxylic acids is 2. The Kier molecular flexibility index (Phi) is 11.5. The van der Waals surface area contributed by atoms with Crippen molar-refractivity contribution in [3.05, 3.63) is 69.7 Å². The molecule has 0 saturated heterocycles. The molecule has 1 aromatic heterocycles. The van der Waals surface area contributed by atoms with Crippen LogP contribution in [0, 0.1) is 25.3 Å². The molecule has 1 amide bonds. The second kappa shape index (κ2) is 14.8. The van der Waals surface area contributed by atoms with E-state index in [1.54, 1.807) is 39.4 Å². The number of hydrogen-bond acceptors (Lipinski definition) is 8. The molecule has 0 unspecified atom stereocenters. The highest BCUT2D eigenvalue weighted by molar-refractivity contribution is 6.29. The number of nitrogens with one attached hydrogen (secondary N) is 1. The Morgan fingerprint density at radius 3 is 2.57 bits per heavy atom. The molecule has 1 N–H and O–H groups in total. The fourth-order valence-electron chi connectivity index (χ4n) is 5.03. The number of hydrogen-bond donors (Lipinski definition) is 1. The van der Waals surface area contributed by atoms with Crippen molar-refractivity contribution in [2.24, 2.45) is 4.99 Å². The number of aliphatic imine (C=N–C) groups is 1. The number of aryl methyl sites for hydroxylation is 2. The van der Waals surface area contributed by atoms with Gasteiger partial charge in [0.2, 0.25) is 6.19 Å². The third-order valence-electron chi connectivity index (χ3n) is 7.44. The largest absolute Gasteiger partial charge is 0.513 e. The Labute approximate surface area is 252 Å². The number of nitriles is 1. The van der Waals surface area contributed by atoms with Crippen molar-refractivity contribution in [3.8, 4) is 6.19 Å². The molecule has 0 bridgehead atoms. The number of benzene rings is 1. The zero-order valence-electron chi connectivity index (χ0n) is 25.0. The van der Waals surface area contributed by atoms with E-state index in [4.69, 9.17) is 31.1 Å². The zero-order chi connectivity index (χ0) is 30.9. The van der Waals surface area contributed by atoms with E-state index < -0.39 is 11.7 Å². The third kappa shape index (κ3) is 8.08. The van der Waals surface area contributed by atoms with Crippen molar-refractivity contribution in [1.82, 2.24) is 15.2 Å². The summed E-state index contributed by atoms with van der Waals surface area (Å²) in [5, 5.41) is 12.0. The first-order valence-corrected chi connectivity index (χ1v) is 14.2. The standard InChI is InChI=1S/C21H27NO5.C10H11ClN4/c1-5-26-20(24)27-18-17(16-12-13(2)6-7-14(16)3)19(23)22-21(18)10-8-15(25-4)9-11-21;1-8(14-7-12)15(2)6-9-3-4-10(11)13-5-9/h6-7,12,15H,5,8-11H2,1-4H3,(H,22,23);3-5H,6H2,1-2H3. The van der Waals surface area contributed by atoms with Gasteiger partial charge < -0.3 is 24.4 Å². The predicted octanol–water partition coefficient (Wildman–Crippen LogP) is 5.71. The number of carbonyl (C=O) groups is 2. The monoisotopic (exact) mass is 595 g/mol. The van der Waals surface area contributed by atoms with Crippen molar-refractivity contribution >= 4 is 35.1 Å². The number of pyridine rings is 1. The number of halogens is 1. The van der Waals surface area contributed by atoms with Crippen LogP contribution < -0.4 is 5.32 Å². The van der Waals surface area contributed by atoms with Crippen molar-refractivity contribution in [3.63, 3.8) is 0 Å². The minimum atomic E-state index is -0.778. The molecule has 224 valence electrons. The molecule has 42 heavy (non-hydrogen) atoms. The molecule has 1 aliphatic carbocycles. The second-order valence-corrected chi connectivity index (χ2v) is 10.8. The molecule has 0 radical (unpaired) electrons. The maximum absolute atomic E-state index is 13.0. The molecule has 1 spiro atoms. The molecule has 2 heterocycles. The third-order valence-corrected chi connectivity index (χ3v) is 7.67. The first kappa shape index (κ1) is 32.6. The summed E-state index contributed by atoms with van der Waals surface area (Å²) < 4.78 is 16.1. The van der Waals surface area contributed by atoms with E-state index in [1.807, 2.05) is 50.1 Å². The summed E-state index contributed by atoms with van der Waals surface area (Å²) in [6, 6.07) is 9.56. The van der Waals surface area contributed by atoms with E-state index in [0.717, 1.165) is 35.1 Å². The van der Waals surface area contributed by atoms with Crippen LogP contribution in [0.4, 0.5) is 4.79 Å². The number of aromatic nitrogens is 1. The Morgan fingerprint density at radius 2 is 1.98 bits per heavy atom. The van der Waals surface area contributed by atoms with Gasteiger partial charge >= 0.3 is 6.16 Å². The van der Waals surface area contributed by atoms with Crippen LogP contribution in [0.3, 0.4) is 0 Å². The molecular weight excluding hydrogens is 558 g/mol. The fraction of sp³-hybridized carbons (Fsp3) is 0.452. The van der Waals surface area contributed by atoms with Crippen LogP contribution in [-0.4, -0.2) is 60.2 Å². The molecular formula is C31H38ClN5O5. The molecule has 4 rings (SSSR count). The first-order chi connectivity index (χ1) is 20.0. The highest BCUT2D eigenvalue weighted by Crippen LogP contribution is 2.44. The number of methoxy groups -OCH3 is 1. The summed E-state index contributed by atoms with van der Waals surface area (Å²) in [6.07, 6.45) is 5.71. The van der Waals surface area contributed by atoms with Gasteiger partial charge in [-0.3, -0.25) is 4.79 Å². The molecule has 1 saturated carbocycles. The quantitative estimate of drug-likeness (QED) is 0.148. The summed E-state index contributed by atoms with van der Waals surface area (Å²) in [7, 11) is 3.56. The van der Waals surface area contributed by atoms with E-state index >= 15 is 0 Å². The number of amides is 1. The Balaban J connectivity index is 0.000000274. The van der Waals surface area contributed by atoms with Crippen molar-refractivity contribution in [1.29, 1.82) is 5.26 Å². The molecule has 2 aliphatic rings. The summed E-state index contributed by atoms with van der Waals surface area (Å²) in [6.45, 7) is 8.29. The first-order valence-electron chi connectivity index (χ1n) is 13.8. The minimum Gasteiger partial charge on any atom is -0.434 e. The summed E-state index contributed by atoms with van der Waals surface area (Å²) in [5.74, 6) is 0.848. The maximum atomic E-state index is 13.0. The van der Waals surface area contributed by atoms with Crippen LogP contribution in [-0.2, 0) is 25.5 Å². The molecule has 2 aromatic rings. The van der Waals surface area contributed by atoms with Gasteiger partial charge in [0.1, 0.15) is 16.7 Å². The van der Waals surface area contributed by atoms with Gasteiger partial charge in [0.05, 0.1) is 23.8 Å². The lowest BCUT2D eigenvalue weighted by atomic mass is 9.79. The van der Waals surface area contributed by atoms with Gasteiger partial charge in [-0.25, -0.2) is 9.78 Å². The Bertz CT molecular complexity index is 1380. The lowest BCUT2D eigenvalue weighted by Crippen LogP contribution is -2.49. The van der Waals surface area contributed by atoms with Crippen LogP contribution in [0.15, 0.2) is 47.3 Å². The lowest BCUT2D eigenvalue weighted by Gasteiger charge is -2.37. The molecule has 1 aromatic carbocycles. The van der Waals surface area contributed by atoms with E-state index in [-0.39, 0.29) is 18.6 Å². The van der Waals surface area contributed by atoms with E-state index in [0.29, 0.717) is 41.7 Å². The minimum absolute atomic E-state index is 0.154. The van der Waals surface area contributed by atoms with Crippen molar-refractivity contribution in [2.75, 3.05) is 20.8 Å². The molecule has 11 heteroatoms. The highest BCUT2D eigenvalue weighted by Gasteiger charge is 2.50. The Morgan fingerprint density at radius 1 is 1.26 bits per heavy atom. The van der Waals surface area contributed by atoms with Gasteiger partial charge in [0.15, 0.2) is 0 Å². The van der Waals surface area contributed by atoms with Gasteiger partial charge in [-0.2, -0.15) is 10.3 Å². The van der Waals surface area contributed by atoms with Gasteiger partial charge in [-0.1, -0.05) is 41.4 Å². The average Bonchev–Trinajstić information content (AvgIpc) is 3.21. The predicted molar refractivity (Wildman–Crippen MR) is 161 cm³/mol. The molecule has 10 nitrogen and oxygen atoms in total. The number of amidine groups is 1. The SMILES string of the molecule is CC(=NC#N)N(C)Cc1ccc(Cl)nc1.CCOC(=O)OC1=C(c2cc(C)ccc2C)C(=O)NC12CCC(OC)CC2. The van der Waals surface area contributed by atoms with E-state index in [9.17, 15) is 9.59 Å². The van der Waals surface area contributed by atoms with Gasteiger partial charge in [-0.15, -0.1) is 0 Å². The lowest BCUT2D eigenvalue weighted by molar-refractivity contribution is -0.116. The van der Waals surface area contributed by atoms with Crippen LogP contribution in [0.1, 0.15) is 61.8 Å². The number of nitrogens with zero attached hydrogens (tertiary/aromatic N) is 4. The van der Waals surface area contributed by atoms with Crippen LogP contribution in [0.25, 0.3) is 5.57 Å². The Hall–Kier alpha value is -3.94. The summed E-state index contributed by atoms with van der Waals surface area (Å²) in [5.41, 5.74) is 3.55. The highest BCUT2D eigenvalue weighted by atomic mass is 35.5. The number of rotatable bonds is 6. The number of ether oxygens (including phenoxy) is 3. The van der Waals surface area contributed by atoms with Gasteiger partial charge in [0.25, 0.3) is 5.91 Å². The van der Waals surface area contributed by atoms with E-state index in [2.05, 4.69) is 15.3 Å². The normalized spacial score (nSPS) is 19.9. The molecule has 1 fully saturated rings. The summed E-state index contributed by atoms with van der Waals surface area (Å²) >= 11 is 5.67. The second-order valence-electron chi connectivity index (χ2n) is 10.4.